The minimum Gasteiger partial charge on any atom is -0.467 e. The number of methoxy groups -OCH3 is 1. The van der Waals surface area contributed by atoms with Gasteiger partial charge < -0.3 is 23.8 Å². The number of fused-ring (bicyclic) bond motifs is 1. The van der Waals surface area contributed by atoms with Crippen LogP contribution in [0, 0.1) is 31.0 Å². The number of carbonyl (C=O) groups excluding carboxylic acids is 2. The first-order chi connectivity index (χ1) is 16.8. The van der Waals surface area contributed by atoms with Crippen molar-refractivity contribution < 1.29 is 27.9 Å². The van der Waals surface area contributed by atoms with Crippen molar-refractivity contribution in [1.82, 2.24) is 4.57 Å². The molecule has 0 aliphatic carbocycles. The van der Waals surface area contributed by atoms with E-state index in [1.165, 1.54) is 13.2 Å². The molecule has 0 saturated heterocycles. The van der Waals surface area contributed by atoms with Gasteiger partial charge in [0.2, 0.25) is 0 Å². The Kier molecular flexibility index (Phi) is 7.00. The Bertz CT molecular complexity index is 1450. The molecule has 0 radical (unpaired) electrons. The number of esters is 1. The second-order valence-corrected chi connectivity index (χ2v) is 8.84. The summed E-state index contributed by atoms with van der Waals surface area (Å²) in [7, 11) is 1.45. The zero-order chi connectivity index (χ0) is 25.1. The topological polar surface area (TPSA) is 106 Å². The SMILES string of the molecule is COCc1c(C(=O)OCC(=O)Nc2c(C#N)c(C)c(C)n2Cc2ccco2)sc2cccc(F)c12. The van der Waals surface area contributed by atoms with E-state index in [1.807, 2.05) is 6.92 Å². The molecule has 3 aromatic heterocycles. The highest BCUT2D eigenvalue weighted by atomic mass is 32.1. The molecule has 8 nitrogen and oxygen atoms in total. The Morgan fingerprint density at radius 3 is 2.74 bits per heavy atom. The number of aromatic nitrogens is 1. The van der Waals surface area contributed by atoms with Gasteiger partial charge in [0.1, 0.15) is 28.3 Å². The lowest BCUT2D eigenvalue weighted by Crippen LogP contribution is -2.23. The summed E-state index contributed by atoms with van der Waals surface area (Å²) in [5, 5.41) is 12.6. The molecule has 0 aliphatic heterocycles. The van der Waals surface area contributed by atoms with E-state index in [9.17, 15) is 19.2 Å². The Balaban J connectivity index is 1.53. The third-order valence-electron chi connectivity index (χ3n) is 5.66. The summed E-state index contributed by atoms with van der Waals surface area (Å²) in [4.78, 5) is 25.7. The van der Waals surface area contributed by atoms with Gasteiger partial charge in [-0.15, -0.1) is 11.3 Å². The van der Waals surface area contributed by atoms with Crippen molar-refractivity contribution in [3.8, 4) is 6.07 Å². The molecule has 35 heavy (non-hydrogen) atoms. The van der Waals surface area contributed by atoms with E-state index in [-0.39, 0.29) is 11.5 Å². The van der Waals surface area contributed by atoms with Crippen LogP contribution < -0.4 is 5.32 Å². The van der Waals surface area contributed by atoms with Gasteiger partial charge in [-0.25, -0.2) is 9.18 Å². The van der Waals surface area contributed by atoms with Gasteiger partial charge in [-0.05, 0) is 43.7 Å². The summed E-state index contributed by atoms with van der Waals surface area (Å²) in [6.07, 6.45) is 1.54. The second kappa shape index (κ2) is 10.1. The summed E-state index contributed by atoms with van der Waals surface area (Å²) in [5.74, 6) is -0.893. The van der Waals surface area contributed by atoms with Crippen molar-refractivity contribution in [2.75, 3.05) is 19.0 Å². The number of hydrogen-bond acceptors (Lipinski definition) is 7. The van der Waals surface area contributed by atoms with Gasteiger partial charge in [0.25, 0.3) is 5.91 Å². The van der Waals surface area contributed by atoms with Crippen LogP contribution >= 0.6 is 11.3 Å². The van der Waals surface area contributed by atoms with Crippen LogP contribution in [-0.4, -0.2) is 30.2 Å². The lowest BCUT2D eigenvalue weighted by molar-refractivity contribution is -0.119. The van der Waals surface area contributed by atoms with Crippen LogP contribution in [0.15, 0.2) is 41.0 Å². The summed E-state index contributed by atoms with van der Waals surface area (Å²) in [6.45, 7) is 3.37. The molecule has 0 spiro atoms. The van der Waals surface area contributed by atoms with E-state index >= 15 is 0 Å². The number of carbonyl (C=O) groups is 2. The van der Waals surface area contributed by atoms with E-state index < -0.39 is 24.3 Å². The molecule has 0 bridgehead atoms. The van der Waals surface area contributed by atoms with Gasteiger partial charge in [0.05, 0.1) is 25.0 Å². The fourth-order valence-corrected chi connectivity index (χ4v) is 4.98. The van der Waals surface area contributed by atoms with Crippen molar-refractivity contribution in [3.63, 3.8) is 0 Å². The van der Waals surface area contributed by atoms with Crippen molar-refractivity contribution in [3.05, 3.63) is 75.4 Å². The number of hydrogen-bond donors (Lipinski definition) is 1. The maximum absolute atomic E-state index is 14.4. The smallest absolute Gasteiger partial charge is 0.349 e. The first-order valence-corrected chi connectivity index (χ1v) is 11.4. The van der Waals surface area contributed by atoms with Gasteiger partial charge in [-0.1, -0.05) is 6.07 Å². The molecule has 10 heteroatoms. The van der Waals surface area contributed by atoms with Crippen LogP contribution in [0.3, 0.4) is 0 Å². The standard InChI is InChI=1S/C25H22FN3O5S/c1-14-15(2)29(11-16-6-5-9-33-16)24(17(14)10-27)28-21(30)13-34-25(31)23-18(12-32-3)22-19(26)7-4-8-20(22)35-23/h4-9H,11-13H2,1-3H3,(H,28,30). The summed E-state index contributed by atoms with van der Waals surface area (Å²) in [6, 6.07) is 10.2. The minimum absolute atomic E-state index is 0.0158. The normalized spacial score (nSPS) is 10.9. The fraction of sp³-hybridized carbons (Fsp3) is 0.240. The van der Waals surface area contributed by atoms with Gasteiger partial charge in [-0.3, -0.25) is 4.79 Å². The quantitative estimate of drug-likeness (QED) is 0.348. The van der Waals surface area contributed by atoms with Crippen LogP contribution in [0.1, 0.15) is 37.8 Å². The van der Waals surface area contributed by atoms with Crippen LogP contribution in [0.2, 0.25) is 0 Å². The number of benzene rings is 1. The molecule has 4 rings (SSSR count). The van der Waals surface area contributed by atoms with E-state index in [4.69, 9.17) is 13.9 Å². The number of nitrogens with zero attached hydrogens (tertiary/aromatic N) is 2. The monoisotopic (exact) mass is 495 g/mol. The molecule has 1 N–H and O–H groups in total. The van der Waals surface area contributed by atoms with Gasteiger partial charge in [0, 0.05) is 28.5 Å². The minimum atomic E-state index is -0.758. The molecule has 0 aliphatic rings. The average Bonchev–Trinajstić information content (AvgIpc) is 3.53. The molecular formula is C25H22FN3O5S. The highest BCUT2D eigenvalue weighted by Gasteiger charge is 2.24. The number of thiophene rings is 1. The highest BCUT2D eigenvalue weighted by Crippen LogP contribution is 2.34. The van der Waals surface area contributed by atoms with Crippen molar-refractivity contribution in [2.45, 2.75) is 27.0 Å². The van der Waals surface area contributed by atoms with E-state index in [0.717, 1.165) is 22.6 Å². The Morgan fingerprint density at radius 2 is 2.06 bits per heavy atom. The molecule has 1 amide bonds. The van der Waals surface area contributed by atoms with Crippen LogP contribution in [-0.2, 0) is 27.4 Å². The zero-order valence-corrected chi connectivity index (χ0v) is 20.1. The third kappa shape index (κ3) is 4.69. The van der Waals surface area contributed by atoms with Crippen LogP contribution in [0.25, 0.3) is 10.1 Å². The van der Waals surface area contributed by atoms with Gasteiger partial charge in [-0.2, -0.15) is 5.26 Å². The number of nitriles is 1. The van der Waals surface area contributed by atoms with Crippen molar-refractivity contribution >= 4 is 39.1 Å². The number of amides is 1. The zero-order valence-electron chi connectivity index (χ0n) is 19.3. The average molecular weight is 496 g/mol. The molecule has 0 unspecified atom stereocenters. The molecule has 4 aromatic rings. The van der Waals surface area contributed by atoms with Crippen LogP contribution in [0.5, 0.6) is 0 Å². The summed E-state index contributed by atoms with van der Waals surface area (Å²) in [5.41, 5.74) is 2.21. The predicted octanol–water partition coefficient (Wildman–Crippen LogP) is 4.91. The van der Waals surface area contributed by atoms with Gasteiger partial charge in [0.15, 0.2) is 6.61 Å². The maximum atomic E-state index is 14.4. The van der Waals surface area contributed by atoms with E-state index in [2.05, 4.69) is 11.4 Å². The number of anilines is 1. The molecule has 180 valence electrons. The van der Waals surface area contributed by atoms with E-state index in [1.54, 1.807) is 42.0 Å². The Labute approximate surface area is 204 Å². The molecule has 0 saturated carbocycles. The molecule has 1 aromatic carbocycles. The first kappa shape index (κ1) is 24.2. The lowest BCUT2D eigenvalue weighted by Gasteiger charge is -2.12. The Hall–Kier alpha value is -3.94. The molecule has 3 heterocycles. The number of ether oxygens (including phenoxy) is 2. The largest absolute Gasteiger partial charge is 0.467 e. The van der Waals surface area contributed by atoms with Crippen molar-refractivity contribution in [2.24, 2.45) is 0 Å². The van der Waals surface area contributed by atoms with Gasteiger partial charge >= 0.3 is 5.97 Å². The molecule has 0 fully saturated rings. The molecular weight excluding hydrogens is 473 g/mol. The number of furan rings is 1. The maximum Gasteiger partial charge on any atom is 0.349 e. The predicted molar refractivity (Wildman–Crippen MR) is 128 cm³/mol. The summed E-state index contributed by atoms with van der Waals surface area (Å²) < 4.78 is 32.5. The number of halogens is 1. The fourth-order valence-electron chi connectivity index (χ4n) is 3.87. The van der Waals surface area contributed by atoms with E-state index in [0.29, 0.717) is 39.3 Å². The summed E-state index contributed by atoms with van der Waals surface area (Å²) >= 11 is 1.07. The van der Waals surface area contributed by atoms with Crippen LogP contribution in [0.4, 0.5) is 10.2 Å². The number of nitrogens with one attached hydrogen (secondary N) is 1. The first-order valence-electron chi connectivity index (χ1n) is 10.6. The van der Waals surface area contributed by atoms with Crippen molar-refractivity contribution in [1.29, 1.82) is 5.26 Å². The lowest BCUT2D eigenvalue weighted by atomic mass is 10.1. The Morgan fingerprint density at radius 1 is 1.26 bits per heavy atom. The second-order valence-electron chi connectivity index (χ2n) is 7.79. The highest BCUT2D eigenvalue weighted by molar-refractivity contribution is 7.21. The third-order valence-corrected chi connectivity index (χ3v) is 6.84. The molecule has 0 atom stereocenters. The number of rotatable bonds is 8.